The zero-order valence-electron chi connectivity index (χ0n) is 18.7. The number of carbonyl (C=O) groups is 1. The van der Waals surface area contributed by atoms with Crippen LogP contribution in [-0.2, 0) is 11.2 Å². The van der Waals surface area contributed by atoms with Crippen molar-refractivity contribution in [3.05, 3.63) is 107 Å². The third kappa shape index (κ3) is 3.60. The van der Waals surface area contributed by atoms with Gasteiger partial charge in [0.05, 0.1) is 6.04 Å². The van der Waals surface area contributed by atoms with Gasteiger partial charge in [0.15, 0.2) is 0 Å². The Bertz CT molecular complexity index is 1260. The molecule has 0 spiro atoms. The van der Waals surface area contributed by atoms with Crippen LogP contribution in [0.15, 0.2) is 78.4 Å². The van der Waals surface area contributed by atoms with E-state index in [4.69, 9.17) is 4.74 Å². The average molecular weight is 458 g/mol. The third-order valence-electron chi connectivity index (χ3n) is 7.45. The Hall–Kier alpha value is -3.47. The topological polar surface area (TPSA) is 29.5 Å². The fraction of sp³-hybridized carbons (Fsp3) is 0.276. The zero-order chi connectivity index (χ0) is 23.2. The third-order valence-corrected chi connectivity index (χ3v) is 7.45. The lowest BCUT2D eigenvalue weighted by molar-refractivity contribution is 0.0849. The van der Waals surface area contributed by atoms with Gasteiger partial charge in [-0.3, -0.25) is 4.90 Å². The minimum atomic E-state index is -0.569. The van der Waals surface area contributed by atoms with Gasteiger partial charge in [-0.15, -0.1) is 0 Å². The number of rotatable bonds is 4. The van der Waals surface area contributed by atoms with E-state index < -0.39 is 11.6 Å². The number of carbonyl (C=O) groups excluding carboxylic acids is 1. The molecule has 34 heavy (non-hydrogen) atoms. The standard InChI is InChI=1S/C29H25F2NO2/c30-20-10-9-19(28(31)16-20)13-18-14-21-11-12-22(15-18)32(21)29(33)34-17-27-25-7-3-1-5-23(25)24-6-2-4-8-26(24)27/h1-10,14,16,21-22,27H,11-13,15,17H2. The van der Waals surface area contributed by atoms with Crippen molar-refractivity contribution in [3.63, 3.8) is 0 Å². The van der Waals surface area contributed by atoms with E-state index in [9.17, 15) is 13.6 Å². The molecule has 2 aliphatic heterocycles. The lowest BCUT2D eigenvalue weighted by atomic mass is 9.95. The fourth-order valence-electron chi connectivity index (χ4n) is 5.91. The first-order valence-corrected chi connectivity index (χ1v) is 11.9. The molecule has 2 bridgehead atoms. The molecule has 3 nitrogen and oxygen atoms in total. The van der Waals surface area contributed by atoms with Gasteiger partial charge in [0, 0.05) is 18.0 Å². The molecule has 6 rings (SSSR count). The minimum absolute atomic E-state index is 0.0337. The second-order valence-electron chi connectivity index (χ2n) is 9.45. The second kappa shape index (κ2) is 8.39. The molecule has 1 saturated heterocycles. The molecule has 3 aliphatic rings. The Kier molecular flexibility index (Phi) is 5.20. The van der Waals surface area contributed by atoms with Gasteiger partial charge in [-0.25, -0.2) is 13.6 Å². The van der Waals surface area contributed by atoms with Crippen LogP contribution in [0.4, 0.5) is 13.6 Å². The van der Waals surface area contributed by atoms with Gasteiger partial charge in [-0.2, -0.15) is 0 Å². The van der Waals surface area contributed by atoms with E-state index in [1.54, 1.807) is 0 Å². The van der Waals surface area contributed by atoms with Crippen LogP contribution in [0, 0.1) is 11.6 Å². The van der Waals surface area contributed by atoms with Crippen LogP contribution in [0.5, 0.6) is 0 Å². The van der Waals surface area contributed by atoms with E-state index in [-0.39, 0.29) is 24.1 Å². The van der Waals surface area contributed by atoms with Crippen molar-refractivity contribution in [1.82, 2.24) is 4.90 Å². The molecule has 1 amide bonds. The Morgan fingerprint density at radius 2 is 1.65 bits per heavy atom. The Morgan fingerprint density at radius 3 is 2.32 bits per heavy atom. The van der Waals surface area contributed by atoms with Gasteiger partial charge >= 0.3 is 6.09 Å². The molecule has 5 heteroatoms. The van der Waals surface area contributed by atoms with Gasteiger partial charge in [-0.1, -0.05) is 66.2 Å². The molecular formula is C29H25F2NO2. The summed E-state index contributed by atoms with van der Waals surface area (Å²) < 4.78 is 33.3. The molecule has 0 radical (unpaired) electrons. The van der Waals surface area contributed by atoms with Crippen molar-refractivity contribution in [2.24, 2.45) is 0 Å². The average Bonchev–Trinajstić information content (AvgIpc) is 3.31. The van der Waals surface area contributed by atoms with Crippen molar-refractivity contribution in [1.29, 1.82) is 0 Å². The molecule has 2 atom stereocenters. The molecule has 1 fully saturated rings. The monoisotopic (exact) mass is 457 g/mol. The first-order chi connectivity index (χ1) is 16.6. The summed E-state index contributed by atoms with van der Waals surface area (Å²) in [6.07, 6.45) is 4.71. The molecule has 3 aromatic rings. The molecule has 172 valence electrons. The summed E-state index contributed by atoms with van der Waals surface area (Å²) in [6.45, 7) is 0.306. The van der Waals surface area contributed by atoms with E-state index in [0.717, 1.165) is 24.5 Å². The highest BCUT2D eigenvalue weighted by Gasteiger charge is 2.41. The van der Waals surface area contributed by atoms with Crippen molar-refractivity contribution >= 4 is 6.09 Å². The second-order valence-corrected chi connectivity index (χ2v) is 9.45. The Morgan fingerprint density at radius 1 is 0.941 bits per heavy atom. The number of fused-ring (bicyclic) bond motifs is 5. The molecule has 0 N–H and O–H groups in total. The fourth-order valence-corrected chi connectivity index (χ4v) is 5.91. The Balaban J connectivity index is 1.16. The highest BCUT2D eigenvalue weighted by molar-refractivity contribution is 5.79. The zero-order valence-corrected chi connectivity index (χ0v) is 18.7. The van der Waals surface area contributed by atoms with Gasteiger partial charge < -0.3 is 4.74 Å². The van der Waals surface area contributed by atoms with Crippen LogP contribution in [0.3, 0.4) is 0 Å². The van der Waals surface area contributed by atoms with E-state index in [2.05, 4.69) is 30.3 Å². The molecule has 2 unspecified atom stereocenters. The smallest absolute Gasteiger partial charge is 0.410 e. The summed E-state index contributed by atoms with van der Waals surface area (Å²) in [5.41, 5.74) is 6.39. The maximum atomic E-state index is 14.1. The summed E-state index contributed by atoms with van der Waals surface area (Å²) in [6, 6.07) is 20.4. The van der Waals surface area contributed by atoms with Crippen LogP contribution >= 0.6 is 0 Å². The summed E-state index contributed by atoms with van der Waals surface area (Å²) in [7, 11) is 0. The van der Waals surface area contributed by atoms with Crippen molar-refractivity contribution in [2.45, 2.75) is 43.7 Å². The highest BCUT2D eigenvalue weighted by Crippen LogP contribution is 2.45. The molecule has 1 aliphatic carbocycles. The van der Waals surface area contributed by atoms with Gasteiger partial charge in [0.1, 0.15) is 18.2 Å². The minimum Gasteiger partial charge on any atom is -0.448 e. The summed E-state index contributed by atoms with van der Waals surface area (Å²) in [5, 5.41) is 0. The highest BCUT2D eigenvalue weighted by atomic mass is 19.1. The molecule has 0 saturated carbocycles. The lowest BCUT2D eigenvalue weighted by Crippen LogP contribution is -2.44. The van der Waals surface area contributed by atoms with E-state index >= 15 is 0 Å². The first-order valence-electron chi connectivity index (χ1n) is 11.9. The summed E-state index contributed by atoms with van der Waals surface area (Å²) >= 11 is 0. The number of amides is 1. The van der Waals surface area contributed by atoms with E-state index in [1.165, 1.54) is 34.4 Å². The molecule has 3 aromatic carbocycles. The SMILES string of the molecule is O=C(OCC1c2ccccc2-c2ccccc21)N1C2C=C(Cc3ccc(F)cc3F)CC1CC2. The van der Waals surface area contributed by atoms with Crippen molar-refractivity contribution in [2.75, 3.05) is 6.61 Å². The number of benzene rings is 3. The van der Waals surface area contributed by atoms with E-state index in [1.807, 2.05) is 29.2 Å². The lowest BCUT2D eigenvalue weighted by Gasteiger charge is -2.33. The van der Waals surface area contributed by atoms with Crippen LogP contribution < -0.4 is 0 Å². The molecule has 2 heterocycles. The Labute approximate surface area is 197 Å². The predicted molar refractivity (Wildman–Crippen MR) is 126 cm³/mol. The van der Waals surface area contributed by atoms with Gasteiger partial charge in [0.2, 0.25) is 0 Å². The van der Waals surface area contributed by atoms with Gasteiger partial charge in [-0.05, 0) is 59.6 Å². The van der Waals surface area contributed by atoms with Crippen LogP contribution in [0.25, 0.3) is 11.1 Å². The maximum Gasteiger partial charge on any atom is 0.410 e. The number of hydrogen-bond acceptors (Lipinski definition) is 2. The van der Waals surface area contributed by atoms with Crippen molar-refractivity contribution < 1.29 is 18.3 Å². The van der Waals surface area contributed by atoms with E-state index in [0.29, 0.717) is 25.0 Å². The number of ether oxygens (including phenoxy) is 1. The van der Waals surface area contributed by atoms with Crippen molar-refractivity contribution in [3.8, 4) is 11.1 Å². The predicted octanol–water partition coefficient (Wildman–Crippen LogP) is 6.62. The first kappa shape index (κ1) is 21.1. The van der Waals surface area contributed by atoms with Crippen LogP contribution in [-0.4, -0.2) is 29.7 Å². The number of nitrogens with zero attached hydrogens (tertiary/aromatic N) is 1. The summed E-state index contributed by atoms with van der Waals surface area (Å²) in [5.74, 6) is -1.06. The van der Waals surface area contributed by atoms with Crippen LogP contribution in [0.1, 0.15) is 41.9 Å². The largest absolute Gasteiger partial charge is 0.448 e. The number of halogens is 2. The normalized spacial score (nSPS) is 20.6. The molecular weight excluding hydrogens is 432 g/mol. The maximum absolute atomic E-state index is 14.1. The van der Waals surface area contributed by atoms with Crippen LogP contribution in [0.2, 0.25) is 0 Å². The van der Waals surface area contributed by atoms with Gasteiger partial charge in [0.25, 0.3) is 0 Å². The number of hydrogen-bond donors (Lipinski definition) is 0. The molecule has 0 aromatic heterocycles. The quantitative estimate of drug-likeness (QED) is 0.412. The summed E-state index contributed by atoms with van der Waals surface area (Å²) in [4.78, 5) is 15.0.